The van der Waals surface area contributed by atoms with Gasteiger partial charge in [0.05, 0.1) is 12.2 Å². The van der Waals surface area contributed by atoms with E-state index in [1.807, 2.05) is 24.0 Å². The van der Waals surface area contributed by atoms with Crippen molar-refractivity contribution in [2.75, 3.05) is 32.7 Å². The molecule has 1 amide bonds. The molecule has 1 unspecified atom stereocenters. The Morgan fingerprint density at radius 1 is 1.20 bits per heavy atom. The lowest BCUT2D eigenvalue weighted by atomic mass is 9.92. The molecule has 4 heterocycles. The van der Waals surface area contributed by atoms with Crippen LogP contribution in [0.25, 0.3) is 11.0 Å². The largest absolute Gasteiger partial charge is 0.341 e. The molecule has 6 heteroatoms. The first-order chi connectivity index (χ1) is 12.2. The third-order valence-electron chi connectivity index (χ3n) is 5.33. The van der Waals surface area contributed by atoms with Gasteiger partial charge in [-0.1, -0.05) is 0 Å². The molecular weight excluding hydrogens is 314 g/mol. The van der Waals surface area contributed by atoms with E-state index in [0.29, 0.717) is 6.54 Å². The molecule has 2 aliphatic rings. The Bertz CT molecular complexity index is 771. The zero-order valence-corrected chi connectivity index (χ0v) is 14.8. The summed E-state index contributed by atoms with van der Waals surface area (Å²) < 4.78 is 0. The molecule has 0 aromatic carbocycles. The van der Waals surface area contributed by atoms with Crippen LogP contribution in [0.1, 0.15) is 43.1 Å². The summed E-state index contributed by atoms with van der Waals surface area (Å²) >= 11 is 0. The highest BCUT2D eigenvalue weighted by atomic mass is 16.2. The normalized spacial score (nSPS) is 21.8. The first-order valence-electron chi connectivity index (χ1n) is 9.30. The second kappa shape index (κ2) is 7.04. The molecule has 0 aliphatic carbocycles. The predicted octanol–water partition coefficient (Wildman–Crippen LogP) is 2.14. The number of hydrogen-bond acceptors (Lipinski definition) is 5. The summed E-state index contributed by atoms with van der Waals surface area (Å²) in [5.41, 5.74) is 1.81. The van der Waals surface area contributed by atoms with E-state index >= 15 is 0 Å². The zero-order valence-electron chi connectivity index (χ0n) is 14.8. The van der Waals surface area contributed by atoms with Gasteiger partial charge in [-0.15, -0.1) is 0 Å². The number of pyridine rings is 1. The van der Waals surface area contributed by atoms with Crippen LogP contribution < -0.4 is 0 Å². The van der Waals surface area contributed by atoms with Gasteiger partial charge in [-0.3, -0.25) is 9.69 Å². The summed E-state index contributed by atoms with van der Waals surface area (Å²) in [4.78, 5) is 30.6. The molecule has 2 aromatic rings. The van der Waals surface area contributed by atoms with E-state index in [0.717, 1.165) is 61.6 Å². The van der Waals surface area contributed by atoms with E-state index in [1.54, 1.807) is 6.20 Å². The van der Waals surface area contributed by atoms with Gasteiger partial charge in [0.2, 0.25) is 5.91 Å². The molecule has 2 saturated heterocycles. The Labute approximate surface area is 148 Å². The fourth-order valence-corrected chi connectivity index (χ4v) is 4.07. The van der Waals surface area contributed by atoms with Gasteiger partial charge in [-0.2, -0.15) is 0 Å². The number of piperidine rings is 1. The van der Waals surface area contributed by atoms with Crippen molar-refractivity contribution in [2.24, 2.45) is 0 Å². The van der Waals surface area contributed by atoms with Crippen LogP contribution in [0, 0.1) is 6.92 Å². The smallest absolute Gasteiger partial charge is 0.236 e. The van der Waals surface area contributed by atoms with Gasteiger partial charge in [0.1, 0.15) is 5.82 Å². The minimum absolute atomic E-state index is 0.264. The number of carbonyl (C=O) groups excluding carboxylic acids is 1. The minimum atomic E-state index is 0.264. The second-order valence-corrected chi connectivity index (χ2v) is 7.19. The number of nitrogens with zero attached hydrogens (tertiary/aromatic N) is 5. The molecule has 4 rings (SSSR count). The van der Waals surface area contributed by atoms with Crippen LogP contribution in [0.5, 0.6) is 0 Å². The van der Waals surface area contributed by atoms with Crippen molar-refractivity contribution in [3.63, 3.8) is 0 Å². The molecule has 2 aliphatic heterocycles. The van der Waals surface area contributed by atoms with Crippen molar-refractivity contribution >= 4 is 16.9 Å². The van der Waals surface area contributed by atoms with Gasteiger partial charge < -0.3 is 4.90 Å². The van der Waals surface area contributed by atoms with Crippen LogP contribution in [0.2, 0.25) is 0 Å². The van der Waals surface area contributed by atoms with E-state index < -0.39 is 0 Å². The molecule has 2 aromatic heterocycles. The summed E-state index contributed by atoms with van der Waals surface area (Å²) in [5.74, 6) is 1.28. The molecule has 0 spiro atoms. The summed E-state index contributed by atoms with van der Waals surface area (Å²) in [6.07, 6.45) is 6.30. The number of hydrogen-bond donors (Lipinski definition) is 0. The lowest BCUT2D eigenvalue weighted by Crippen LogP contribution is -2.44. The molecule has 6 nitrogen and oxygen atoms in total. The number of aryl methyl sites for hydroxylation is 1. The second-order valence-electron chi connectivity index (χ2n) is 7.19. The van der Waals surface area contributed by atoms with Crippen LogP contribution in [-0.4, -0.2) is 63.4 Å². The fourth-order valence-electron chi connectivity index (χ4n) is 4.07. The van der Waals surface area contributed by atoms with Gasteiger partial charge >= 0.3 is 0 Å². The molecule has 25 heavy (non-hydrogen) atoms. The number of amides is 1. The highest BCUT2D eigenvalue weighted by Gasteiger charge is 2.28. The Morgan fingerprint density at radius 3 is 2.88 bits per heavy atom. The van der Waals surface area contributed by atoms with Crippen LogP contribution >= 0.6 is 0 Å². The van der Waals surface area contributed by atoms with Gasteiger partial charge in [-0.05, 0) is 57.8 Å². The van der Waals surface area contributed by atoms with Crippen LogP contribution in [0.15, 0.2) is 18.3 Å². The number of carbonyl (C=O) groups is 1. The van der Waals surface area contributed by atoms with Gasteiger partial charge in [0, 0.05) is 30.6 Å². The molecule has 0 saturated carbocycles. The van der Waals surface area contributed by atoms with Crippen molar-refractivity contribution in [3.8, 4) is 0 Å². The average Bonchev–Trinajstić information content (AvgIpc) is 3.14. The minimum Gasteiger partial charge on any atom is -0.341 e. The molecule has 1 atom stereocenters. The lowest BCUT2D eigenvalue weighted by Gasteiger charge is -2.34. The summed E-state index contributed by atoms with van der Waals surface area (Å²) in [6, 6.07) is 3.98. The van der Waals surface area contributed by atoms with E-state index in [4.69, 9.17) is 4.98 Å². The van der Waals surface area contributed by atoms with Crippen molar-refractivity contribution < 1.29 is 4.79 Å². The van der Waals surface area contributed by atoms with E-state index in [2.05, 4.69) is 14.9 Å². The lowest BCUT2D eigenvalue weighted by molar-refractivity contribution is -0.133. The maximum absolute atomic E-state index is 12.7. The third-order valence-corrected chi connectivity index (χ3v) is 5.33. The topological polar surface area (TPSA) is 62.2 Å². The van der Waals surface area contributed by atoms with E-state index in [9.17, 15) is 4.79 Å². The Kier molecular flexibility index (Phi) is 4.61. The first-order valence-corrected chi connectivity index (χ1v) is 9.30. The summed E-state index contributed by atoms with van der Waals surface area (Å²) in [6.45, 7) is 6.22. The maximum Gasteiger partial charge on any atom is 0.236 e. The zero-order chi connectivity index (χ0) is 17.2. The van der Waals surface area contributed by atoms with Crippen molar-refractivity contribution in [3.05, 3.63) is 29.8 Å². The fraction of sp³-hybridized carbons (Fsp3) is 0.579. The molecule has 0 radical (unpaired) electrons. The summed E-state index contributed by atoms with van der Waals surface area (Å²) in [7, 11) is 0. The Hall–Kier alpha value is -2.08. The first kappa shape index (κ1) is 16.4. The maximum atomic E-state index is 12.7. The van der Waals surface area contributed by atoms with Crippen LogP contribution in [0.3, 0.4) is 0 Å². The molecule has 2 fully saturated rings. The Morgan fingerprint density at radius 2 is 2.04 bits per heavy atom. The standard InChI is InChI=1S/C19H25N5O/c1-14-21-18(16-7-4-8-20-19(16)22-14)15-6-5-11-24(12-15)17(25)13-23-9-2-3-10-23/h4,7-8,15H,2-3,5-6,9-13H2,1H3. The van der Waals surface area contributed by atoms with Crippen molar-refractivity contribution in [1.82, 2.24) is 24.8 Å². The van der Waals surface area contributed by atoms with Crippen LogP contribution in [-0.2, 0) is 4.79 Å². The molecular formula is C19H25N5O. The SMILES string of the molecule is Cc1nc(C2CCCN(C(=O)CN3CCCC3)C2)c2cccnc2n1. The number of aromatic nitrogens is 3. The highest BCUT2D eigenvalue weighted by molar-refractivity contribution is 5.79. The van der Waals surface area contributed by atoms with E-state index in [1.165, 1.54) is 12.8 Å². The molecule has 0 N–H and O–H groups in total. The van der Waals surface area contributed by atoms with Crippen LogP contribution in [0.4, 0.5) is 0 Å². The number of fused-ring (bicyclic) bond motifs is 1. The highest BCUT2D eigenvalue weighted by Crippen LogP contribution is 2.30. The number of likely N-dealkylation sites (tertiary alicyclic amines) is 2. The van der Waals surface area contributed by atoms with Crippen molar-refractivity contribution in [1.29, 1.82) is 0 Å². The Balaban J connectivity index is 1.54. The predicted molar refractivity (Wildman–Crippen MR) is 96.3 cm³/mol. The summed E-state index contributed by atoms with van der Waals surface area (Å²) in [5, 5.41) is 1.02. The monoisotopic (exact) mass is 339 g/mol. The van der Waals surface area contributed by atoms with Gasteiger partial charge in [0.25, 0.3) is 0 Å². The van der Waals surface area contributed by atoms with E-state index in [-0.39, 0.29) is 11.8 Å². The molecule has 132 valence electrons. The number of rotatable bonds is 3. The van der Waals surface area contributed by atoms with Gasteiger partial charge in [0.15, 0.2) is 5.65 Å². The quantitative estimate of drug-likeness (QED) is 0.857. The third kappa shape index (κ3) is 3.49. The van der Waals surface area contributed by atoms with Crippen molar-refractivity contribution in [2.45, 2.75) is 38.5 Å². The average molecular weight is 339 g/mol. The molecule has 0 bridgehead atoms. The van der Waals surface area contributed by atoms with Gasteiger partial charge in [-0.25, -0.2) is 15.0 Å².